The lowest BCUT2D eigenvalue weighted by atomic mass is 9.79. The number of benzene rings is 2. The highest BCUT2D eigenvalue weighted by molar-refractivity contribution is 6.30. The van der Waals surface area contributed by atoms with Crippen LogP contribution in [0.2, 0.25) is 5.02 Å². The Kier molecular flexibility index (Phi) is 7.35. The summed E-state index contributed by atoms with van der Waals surface area (Å²) in [4.78, 5) is 0. The van der Waals surface area contributed by atoms with Crippen LogP contribution in [0.25, 0.3) is 0 Å². The predicted molar refractivity (Wildman–Crippen MR) is 106 cm³/mol. The largest absolute Gasteiger partial charge is 0.312 e. The lowest BCUT2D eigenvalue weighted by molar-refractivity contribution is 0.304. The molecule has 2 nitrogen and oxygen atoms in total. The number of nitriles is 1. The summed E-state index contributed by atoms with van der Waals surface area (Å²) < 4.78 is 25.4. The number of hydrogen-bond acceptors (Lipinski definition) is 2. The first-order valence-corrected chi connectivity index (χ1v) is 9.37. The van der Waals surface area contributed by atoms with Crippen molar-refractivity contribution in [2.24, 2.45) is 11.3 Å². The van der Waals surface area contributed by atoms with Crippen LogP contribution in [0.15, 0.2) is 48.5 Å². The van der Waals surface area contributed by atoms with E-state index >= 15 is 0 Å². The van der Waals surface area contributed by atoms with Gasteiger partial charge in [-0.25, -0.2) is 8.78 Å². The molecule has 1 N–H and O–H groups in total. The van der Waals surface area contributed by atoms with Crippen LogP contribution in [0.5, 0.6) is 0 Å². The molecule has 0 aliphatic carbocycles. The van der Waals surface area contributed by atoms with Crippen molar-refractivity contribution in [1.29, 1.82) is 5.26 Å². The van der Waals surface area contributed by atoms with Gasteiger partial charge in [0.15, 0.2) is 0 Å². The van der Waals surface area contributed by atoms with E-state index in [1.807, 2.05) is 6.07 Å². The van der Waals surface area contributed by atoms with Gasteiger partial charge in [0, 0.05) is 23.5 Å². The van der Waals surface area contributed by atoms with Gasteiger partial charge in [-0.15, -0.1) is 0 Å². The molecule has 0 spiro atoms. The number of halogens is 3. The van der Waals surface area contributed by atoms with Gasteiger partial charge in [-0.05, 0) is 47.7 Å². The van der Waals surface area contributed by atoms with Gasteiger partial charge in [-0.3, -0.25) is 0 Å². The third-order valence-electron chi connectivity index (χ3n) is 4.51. The molecule has 3 atom stereocenters. The molecule has 1 saturated heterocycles. The van der Waals surface area contributed by atoms with Crippen LogP contribution in [0.1, 0.15) is 38.7 Å². The lowest BCUT2D eigenvalue weighted by Gasteiger charge is -2.25. The summed E-state index contributed by atoms with van der Waals surface area (Å²) in [6.07, 6.45) is 0.955. The number of rotatable bonds is 2. The molecule has 1 aliphatic heterocycles. The van der Waals surface area contributed by atoms with Crippen LogP contribution in [0, 0.1) is 34.3 Å². The molecule has 0 aromatic heterocycles. The summed E-state index contributed by atoms with van der Waals surface area (Å²) >= 11 is 5.40. The van der Waals surface area contributed by atoms with Gasteiger partial charge < -0.3 is 5.32 Å². The molecule has 2 aromatic rings. The SMILES string of the molecule is CC(C)(C)CC1NCC(c2cccc(F)c2)C1C#N.Fc1cccc(Cl)c1. The Labute approximate surface area is 165 Å². The first kappa shape index (κ1) is 21.3. The number of nitrogens with zero attached hydrogens (tertiary/aromatic N) is 1. The van der Waals surface area contributed by atoms with Gasteiger partial charge >= 0.3 is 0 Å². The Bertz CT molecular complexity index is 778. The summed E-state index contributed by atoms with van der Waals surface area (Å²) in [5.41, 5.74) is 1.11. The van der Waals surface area contributed by atoms with Crippen molar-refractivity contribution < 1.29 is 8.78 Å². The molecule has 3 rings (SSSR count). The van der Waals surface area contributed by atoms with Crippen LogP contribution < -0.4 is 5.32 Å². The lowest BCUT2D eigenvalue weighted by Crippen LogP contribution is -2.31. The van der Waals surface area contributed by atoms with Crippen LogP contribution in [-0.2, 0) is 0 Å². The summed E-state index contributed by atoms with van der Waals surface area (Å²) in [7, 11) is 0. The van der Waals surface area contributed by atoms with Gasteiger partial charge in [0.25, 0.3) is 0 Å². The number of hydrogen-bond donors (Lipinski definition) is 1. The molecular formula is C22H25ClF2N2. The second-order valence-corrected chi connectivity index (χ2v) is 8.47. The fraction of sp³-hybridized carbons (Fsp3) is 0.409. The van der Waals surface area contributed by atoms with E-state index in [4.69, 9.17) is 11.6 Å². The van der Waals surface area contributed by atoms with Crippen LogP contribution in [0.3, 0.4) is 0 Å². The van der Waals surface area contributed by atoms with E-state index < -0.39 is 0 Å². The predicted octanol–water partition coefficient (Wildman–Crippen LogP) is 5.94. The first-order valence-electron chi connectivity index (χ1n) is 8.99. The van der Waals surface area contributed by atoms with Crippen LogP contribution in [-0.4, -0.2) is 12.6 Å². The Morgan fingerprint density at radius 1 is 1.11 bits per heavy atom. The van der Waals surface area contributed by atoms with E-state index in [-0.39, 0.29) is 34.9 Å². The minimum absolute atomic E-state index is 0.0824. The standard InChI is InChI=1S/C16H21FN2.C6H4ClF/c1-16(2,3)8-15-13(9-18)14(10-19-15)11-5-4-6-12(17)7-11;7-5-2-1-3-6(8)4-5/h4-7,13-15,19H,8,10H2,1-3H3;1-4H. The quantitative estimate of drug-likeness (QED) is 0.689. The van der Waals surface area contributed by atoms with E-state index in [1.165, 1.54) is 18.2 Å². The molecule has 1 aliphatic rings. The third-order valence-corrected chi connectivity index (χ3v) is 4.75. The van der Waals surface area contributed by atoms with E-state index in [2.05, 4.69) is 32.2 Å². The second kappa shape index (κ2) is 9.30. The van der Waals surface area contributed by atoms with Crippen molar-refractivity contribution in [2.45, 2.75) is 39.2 Å². The van der Waals surface area contributed by atoms with Crippen molar-refractivity contribution >= 4 is 11.6 Å². The summed E-state index contributed by atoms with van der Waals surface area (Å²) in [6, 6.07) is 15.1. The molecule has 27 heavy (non-hydrogen) atoms. The smallest absolute Gasteiger partial charge is 0.124 e. The zero-order valence-electron chi connectivity index (χ0n) is 15.8. The molecule has 0 bridgehead atoms. The van der Waals surface area contributed by atoms with Gasteiger partial charge in [0.2, 0.25) is 0 Å². The Balaban J connectivity index is 0.000000273. The molecule has 0 radical (unpaired) electrons. The Hall–Kier alpha value is -1.96. The maximum atomic E-state index is 13.3. The van der Waals surface area contributed by atoms with Crippen LogP contribution in [0.4, 0.5) is 8.78 Å². The minimum Gasteiger partial charge on any atom is -0.312 e. The summed E-state index contributed by atoms with van der Waals surface area (Å²) in [6.45, 7) is 7.29. The molecule has 0 amide bonds. The first-order chi connectivity index (χ1) is 12.7. The van der Waals surface area contributed by atoms with E-state index in [1.54, 1.807) is 24.3 Å². The van der Waals surface area contributed by atoms with Crippen molar-refractivity contribution in [2.75, 3.05) is 6.54 Å². The maximum Gasteiger partial charge on any atom is 0.124 e. The van der Waals surface area contributed by atoms with Crippen molar-refractivity contribution in [3.8, 4) is 6.07 Å². The van der Waals surface area contributed by atoms with E-state index in [9.17, 15) is 14.0 Å². The van der Waals surface area contributed by atoms with Gasteiger partial charge in [0.05, 0.1) is 12.0 Å². The van der Waals surface area contributed by atoms with Crippen molar-refractivity contribution in [3.63, 3.8) is 0 Å². The van der Waals surface area contributed by atoms with Gasteiger partial charge in [-0.2, -0.15) is 5.26 Å². The average molecular weight is 391 g/mol. The highest BCUT2D eigenvalue weighted by Crippen LogP contribution is 2.36. The molecule has 0 saturated carbocycles. The zero-order chi connectivity index (χ0) is 20.0. The Morgan fingerprint density at radius 3 is 2.22 bits per heavy atom. The van der Waals surface area contributed by atoms with Gasteiger partial charge in [0.1, 0.15) is 11.6 Å². The zero-order valence-corrected chi connectivity index (χ0v) is 16.6. The maximum absolute atomic E-state index is 13.3. The van der Waals surface area contributed by atoms with Crippen molar-refractivity contribution in [1.82, 2.24) is 5.32 Å². The molecule has 3 unspecified atom stereocenters. The Morgan fingerprint density at radius 2 is 1.74 bits per heavy atom. The monoisotopic (exact) mass is 390 g/mol. The average Bonchev–Trinajstić information content (AvgIpc) is 2.96. The molecule has 1 heterocycles. The normalized spacial score (nSPS) is 21.9. The molecule has 1 fully saturated rings. The van der Waals surface area contributed by atoms with E-state index in [0.29, 0.717) is 5.02 Å². The van der Waals surface area contributed by atoms with Crippen molar-refractivity contribution in [3.05, 3.63) is 70.8 Å². The highest BCUT2D eigenvalue weighted by Gasteiger charge is 2.38. The second-order valence-electron chi connectivity index (χ2n) is 8.04. The highest BCUT2D eigenvalue weighted by atomic mass is 35.5. The molecule has 2 aromatic carbocycles. The van der Waals surface area contributed by atoms with E-state index in [0.717, 1.165) is 18.5 Å². The molecular weight excluding hydrogens is 366 g/mol. The van der Waals surface area contributed by atoms with Crippen LogP contribution >= 0.6 is 11.6 Å². The third kappa shape index (κ3) is 6.61. The minimum atomic E-state index is -0.294. The van der Waals surface area contributed by atoms with Gasteiger partial charge in [-0.1, -0.05) is 50.6 Å². The molecule has 5 heteroatoms. The fourth-order valence-electron chi connectivity index (χ4n) is 3.37. The summed E-state index contributed by atoms with van der Waals surface area (Å²) in [5.74, 6) is -0.514. The number of nitrogens with one attached hydrogen (secondary N) is 1. The summed E-state index contributed by atoms with van der Waals surface area (Å²) in [5, 5.41) is 13.3. The molecule has 144 valence electrons. The topological polar surface area (TPSA) is 35.8 Å². The fourth-order valence-corrected chi connectivity index (χ4v) is 3.55.